The first-order valence-electron chi connectivity index (χ1n) is 26.1. The van der Waals surface area contributed by atoms with Gasteiger partial charge in [0, 0.05) is 18.4 Å². The molecule has 0 aliphatic heterocycles. The Morgan fingerprint density at radius 3 is 0.661 bits per heavy atom. The van der Waals surface area contributed by atoms with E-state index in [1.807, 2.05) is 0 Å². The Morgan fingerprint density at radius 1 is 0.339 bits per heavy atom. The van der Waals surface area contributed by atoms with E-state index in [0.717, 1.165) is 13.1 Å². The van der Waals surface area contributed by atoms with Crippen molar-refractivity contribution >= 4 is 5.97 Å². The summed E-state index contributed by atoms with van der Waals surface area (Å²) in [4.78, 5) is 13.8. The second-order valence-electron chi connectivity index (χ2n) is 18.3. The van der Waals surface area contributed by atoms with Crippen molar-refractivity contribution in [2.45, 2.75) is 316 Å². The Balaban J connectivity index is 0. The quantitative estimate of drug-likeness (QED) is 0.0454. The van der Waals surface area contributed by atoms with Crippen molar-refractivity contribution in [1.82, 2.24) is 4.90 Å². The first-order valence-corrected chi connectivity index (χ1v) is 26.1. The number of hydrogen-bond donors (Lipinski definition) is 0. The SMILES string of the molecule is CCCCCCCCCCCCCCCCCCCCCCCCN(CCCCCCCCCCCCCCCCCCCCCCCC)C(C)CC(=O)[O-].[K+]. The molecule has 0 aromatic heterocycles. The minimum Gasteiger partial charge on any atom is -0.550 e. The van der Waals surface area contributed by atoms with Gasteiger partial charge in [-0.15, -0.1) is 0 Å². The average Bonchev–Trinajstić information content (AvgIpc) is 3.17. The largest absolute Gasteiger partial charge is 1.00 e. The third-order valence-electron chi connectivity index (χ3n) is 12.7. The fourth-order valence-electron chi connectivity index (χ4n) is 8.77. The van der Waals surface area contributed by atoms with E-state index in [4.69, 9.17) is 0 Å². The van der Waals surface area contributed by atoms with Gasteiger partial charge in [0.05, 0.1) is 0 Å². The van der Waals surface area contributed by atoms with Crippen LogP contribution in [-0.4, -0.2) is 30.0 Å². The fourth-order valence-corrected chi connectivity index (χ4v) is 8.77. The van der Waals surface area contributed by atoms with Gasteiger partial charge in [0.25, 0.3) is 0 Å². The summed E-state index contributed by atoms with van der Waals surface area (Å²) in [5.74, 6) is -0.902. The van der Waals surface area contributed by atoms with Gasteiger partial charge in [-0.25, -0.2) is 0 Å². The smallest absolute Gasteiger partial charge is 0.550 e. The summed E-state index contributed by atoms with van der Waals surface area (Å²) >= 11 is 0. The maximum Gasteiger partial charge on any atom is 1.00 e. The second kappa shape index (κ2) is 52.2. The van der Waals surface area contributed by atoms with E-state index in [1.54, 1.807) is 0 Å². The standard InChI is InChI=1S/C52H105NO2.K/c1-4-6-8-10-12-14-16-18-20-22-24-26-28-30-32-34-36-38-40-42-44-46-48-53(51(3)50-52(54)55)49-47-45-43-41-39-37-35-33-31-29-27-25-23-21-19-17-15-13-11-9-7-5-2;/h51H,4-50H2,1-3H3,(H,54,55);/q;+1/p-1. The van der Waals surface area contributed by atoms with Crippen LogP contribution >= 0.6 is 0 Å². The Bertz CT molecular complexity index is 669. The summed E-state index contributed by atoms with van der Waals surface area (Å²) in [7, 11) is 0. The zero-order valence-corrected chi connectivity index (χ0v) is 42.7. The van der Waals surface area contributed by atoms with E-state index < -0.39 is 5.97 Å². The first kappa shape index (κ1) is 59.2. The molecule has 3 nitrogen and oxygen atoms in total. The zero-order chi connectivity index (χ0) is 40.0. The normalized spacial score (nSPS) is 12.1. The number of aliphatic carboxylic acids is 1. The van der Waals surface area contributed by atoms with Crippen molar-refractivity contribution in [3.63, 3.8) is 0 Å². The second-order valence-corrected chi connectivity index (χ2v) is 18.3. The molecule has 0 bridgehead atoms. The summed E-state index contributed by atoms with van der Waals surface area (Å²) in [6.07, 6.45) is 62.4. The summed E-state index contributed by atoms with van der Waals surface area (Å²) in [6, 6.07) is 0.0924. The number of carboxylic acid groups (broad SMARTS) is 1. The molecule has 0 saturated heterocycles. The Kier molecular flexibility index (Phi) is 55.1. The van der Waals surface area contributed by atoms with E-state index >= 15 is 0 Å². The number of nitrogens with zero attached hydrogens (tertiary/aromatic N) is 1. The van der Waals surface area contributed by atoms with E-state index in [-0.39, 0.29) is 63.8 Å². The van der Waals surface area contributed by atoms with Crippen LogP contribution in [0.1, 0.15) is 310 Å². The van der Waals surface area contributed by atoms with Crippen LogP contribution in [0, 0.1) is 0 Å². The molecule has 0 saturated carbocycles. The van der Waals surface area contributed by atoms with Gasteiger partial charge in [0.15, 0.2) is 0 Å². The third kappa shape index (κ3) is 49.4. The monoisotopic (exact) mass is 814 g/mol. The molecular weight excluding hydrogens is 710 g/mol. The van der Waals surface area contributed by atoms with E-state index in [2.05, 4.69) is 25.7 Å². The van der Waals surface area contributed by atoms with Crippen molar-refractivity contribution in [2.75, 3.05) is 13.1 Å². The number of hydrogen-bond acceptors (Lipinski definition) is 3. The molecular formula is C52H104KNO2. The van der Waals surface area contributed by atoms with Crippen LogP contribution < -0.4 is 56.5 Å². The van der Waals surface area contributed by atoms with Crippen LogP contribution in [0.25, 0.3) is 0 Å². The maximum absolute atomic E-state index is 11.3. The number of carbonyl (C=O) groups is 1. The molecule has 0 N–H and O–H groups in total. The minimum atomic E-state index is -0.902. The summed E-state index contributed by atoms with van der Waals surface area (Å²) in [6.45, 7) is 8.79. The molecule has 0 aromatic rings. The molecule has 0 aliphatic carbocycles. The molecule has 1 atom stereocenters. The van der Waals surface area contributed by atoms with Crippen LogP contribution in [0.5, 0.6) is 0 Å². The van der Waals surface area contributed by atoms with E-state index in [1.165, 1.54) is 283 Å². The van der Waals surface area contributed by atoms with Gasteiger partial charge in [-0.05, 0) is 32.9 Å². The summed E-state index contributed by atoms with van der Waals surface area (Å²) in [5.41, 5.74) is 0. The Hall–Kier alpha value is 1.07. The molecule has 0 radical (unpaired) electrons. The van der Waals surface area contributed by atoms with Crippen LogP contribution in [0.3, 0.4) is 0 Å². The van der Waals surface area contributed by atoms with Gasteiger partial charge in [-0.3, -0.25) is 0 Å². The Morgan fingerprint density at radius 2 is 0.500 bits per heavy atom. The van der Waals surface area contributed by atoms with Crippen LogP contribution in [0.15, 0.2) is 0 Å². The van der Waals surface area contributed by atoms with Crippen LogP contribution in [-0.2, 0) is 4.79 Å². The van der Waals surface area contributed by atoms with Crippen molar-refractivity contribution < 1.29 is 61.3 Å². The maximum atomic E-state index is 11.3. The average molecular weight is 815 g/mol. The number of rotatable bonds is 49. The van der Waals surface area contributed by atoms with Crippen LogP contribution in [0.4, 0.5) is 0 Å². The molecule has 0 aliphatic rings. The molecule has 330 valence electrons. The minimum absolute atomic E-state index is 0. The fraction of sp³-hybridized carbons (Fsp3) is 0.981. The molecule has 56 heavy (non-hydrogen) atoms. The predicted molar refractivity (Wildman–Crippen MR) is 245 cm³/mol. The zero-order valence-electron chi connectivity index (χ0n) is 39.6. The predicted octanol–water partition coefficient (Wildman–Crippen LogP) is 14.0. The van der Waals surface area contributed by atoms with Crippen LogP contribution in [0.2, 0.25) is 0 Å². The van der Waals surface area contributed by atoms with Gasteiger partial charge < -0.3 is 14.8 Å². The summed E-state index contributed by atoms with van der Waals surface area (Å²) in [5, 5.41) is 11.3. The van der Waals surface area contributed by atoms with Gasteiger partial charge in [0.1, 0.15) is 0 Å². The first-order chi connectivity index (χ1) is 27.1. The van der Waals surface area contributed by atoms with Crippen molar-refractivity contribution in [3.05, 3.63) is 0 Å². The topological polar surface area (TPSA) is 43.4 Å². The molecule has 1 unspecified atom stereocenters. The molecule has 0 fully saturated rings. The van der Waals surface area contributed by atoms with E-state index in [0.29, 0.717) is 0 Å². The van der Waals surface area contributed by atoms with Crippen molar-refractivity contribution in [2.24, 2.45) is 0 Å². The molecule has 4 heteroatoms. The van der Waals surface area contributed by atoms with Crippen molar-refractivity contribution in [1.29, 1.82) is 0 Å². The molecule has 0 rings (SSSR count). The third-order valence-corrected chi connectivity index (χ3v) is 12.7. The number of unbranched alkanes of at least 4 members (excludes halogenated alkanes) is 42. The van der Waals surface area contributed by atoms with E-state index in [9.17, 15) is 9.90 Å². The van der Waals surface area contributed by atoms with Gasteiger partial charge >= 0.3 is 51.4 Å². The molecule has 0 amide bonds. The van der Waals surface area contributed by atoms with Gasteiger partial charge in [-0.2, -0.15) is 0 Å². The van der Waals surface area contributed by atoms with Gasteiger partial charge in [0.2, 0.25) is 0 Å². The molecule has 0 spiro atoms. The Labute approximate surface area is 397 Å². The number of carboxylic acids is 1. The number of carbonyl (C=O) groups excluding carboxylic acids is 1. The van der Waals surface area contributed by atoms with Gasteiger partial charge in [-0.1, -0.05) is 284 Å². The molecule has 0 heterocycles. The van der Waals surface area contributed by atoms with Crippen molar-refractivity contribution in [3.8, 4) is 0 Å². The molecule has 0 aromatic carbocycles. The summed E-state index contributed by atoms with van der Waals surface area (Å²) < 4.78 is 0.